The Hall–Kier alpha value is -0.760. The Morgan fingerprint density at radius 1 is 1.39 bits per heavy atom. The van der Waals surface area contributed by atoms with Crippen LogP contribution in [0.1, 0.15) is 40.0 Å². The van der Waals surface area contributed by atoms with Crippen LogP contribution in [0.3, 0.4) is 0 Å². The summed E-state index contributed by atoms with van der Waals surface area (Å²) in [6.45, 7) is 6.98. The highest BCUT2D eigenvalue weighted by Crippen LogP contribution is 2.35. The molecule has 1 aromatic rings. The molecular formula is C15H23ClN2. The molecular weight excluding hydrogens is 244 g/mol. The summed E-state index contributed by atoms with van der Waals surface area (Å²) < 4.78 is 0. The summed E-state index contributed by atoms with van der Waals surface area (Å²) in [4.78, 5) is 4.14. The molecule has 2 nitrogen and oxygen atoms in total. The summed E-state index contributed by atoms with van der Waals surface area (Å²) in [6, 6.07) is 4.48. The lowest BCUT2D eigenvalue weighted by Gasteiger charge is -2.38. The number of nitrogens with zero attached hydrogens (tertiary/aromatic N) is 1. The summed E-state index contributed by atoms with van der Waals surface area (Å²) in [5.41, 5.74) is 0.976. The Morgan fingerprint density at radius 3 is 2.83 bits per heavy atom. The van der Waals surface area contributed by atoms with Crippen molar-refractivity contribution < 1.29 is 0 Å². The first-order valence-electron chi connectivity index (χ1n) is 6.95. The van der Waals surface area contributed by atoms with E-state index in [9.17, 15) is 0 Å². The molecule has 0 saturated heterocycles. The molecule has 100 valence electrons. The van der Waals surface area contributed by atoms with Crippen LogP contribution in [-0.2, 0) is 0 Å². The van der Waals surface area contributed by atoms with Crippen molar-refractivity contribution in [3.05, 3.63) is 23.5 Å². The van der Waals surface area contributed by atoms with Crippen LogP contribution in [0.2, 0.25) is 5.15 Å². The highest BCUT2D eigenvalue weighted by molar-refractivity contribution is 6.31. The summed E-state index contributed by atoms with van der Waals surface area (Å²) in [5.74, 6) is 2.25. The Labute approximate surface area is 115 Å². The highest BCUT2D eigenvalue weighted by Gasteiger charge is 2.30. The maximum Gasteiger partial charge on any atom is 0.152 e. The zero-order valence-corrected chi connectivity index (χ0v) is 12.2. The molecule has 3 atom stereocenters. The molecule has 0 radical (unpaired) electrons. The van der Waals surface area contributed by atoms with Crippen LogP contribution >= 0.6 is 11.6 Å². The number of hydrogen-bond acceptors (Lipinski definition) is 2. The van der Waals surface area contributed by atoms with Gasteiger partial charge in [0.25, 0.3) is 0 Å². The first-order valence-corrected chi connectivity index (χ1v) is 7.32. The lowest BCUT2D eigenvalue weighted by atomic mass is 9.74. The van der Waals surface area contributed by atoms with Crippen LogP contribution in [0.5, 0.6) is 0 Å². The predicted molar refractivity (Wildman–Crippen MR) is 78.0 cm³/mol. The fraction of sp³-hybridized carbons (Fsp3) is 0.667. The van der Waals surface area contributed by atoms with E-state index < -0.39 is 0 Å². The molecule has 3 heteroatoms. The normalized spacial score (nSPS) is 28.4. The van der Waals surface area contributed by atoms with Gasteiger partial charge in [-0.15, -0.1) is 0 Å². The van der Waals surface area contributed by atoms with Crippen molar-refractivity contribution in [2.45, 2.75) is 46.1 Å². The quantitative estimate of drug-likeness (QED) is 0.809. The van der Waals surface area contributed by atoms with Crippen molar-refractivity contribution in [3.63, 3.8) is 0 Å². The third-order valence-corrected chi connectivity index (χ3v) is 4.42. The maximum absolute atomic E-state index is 6.13. The molecule has 1 aromatic heterocycles. The number of nitrogens with one attached hydrogen (secondary N) is 1. The second-order valence-electron chi connectivity index (χ2n) is 5.92. The molecule has 1 aliphatic rings. The van der Waals surface area contributed by atoms with Crippen molar-refractivity contribution in [2.75, 3.05) is 5.32 Å². The molecule has 0 bridgehead atoms. The highest BCUT2D eigenvalue weighted by atomic mass is 35.5. The number of rotatable bonds is 3. The minimum Gasteiger partial charge on any atom is -0.380 e. The van der Waals surface area contributed by atoms with Gasteiger partial charge in [-0.1, -0.05) is 38.8 Å². The largest absolute Gasteiger partial charge is 0.380 e. The number of anilines is 1. The summed E-state index contributed by atoms with van der Waals surface area (Å²) >= 11 is 6.13. The van der Waals surface area contributed by atoms with Gasteiger partial charge >= 0.3 is 0 Å². The number of aromatic nitrogens is 1. The van der Waals surface area contributed by atoms with E-state index in [4.69, 9.17) is 11.6 Å². The van der Waals surface area contributed by atoms with Crippen LogP contribution in [-0.4, -0.2) is 11.0 Å². The maximum atomic E-state index is 6.13. The van der Waals surface area contributed by atoms with Crippen LogP contribution < -0.4 is 5.32 Å². The molecule has 0 spiro atoms. The van der Waals surface area contributed by atoms with Crippen LogP contribution in [0.25, 0.3) is 0 Å². The third kappa shape index (κ3) is 3.17. The molecule has 0 amide bonds. The molecule has 0 aromatic carbocycles. The molecule has 3 unspecified atom stereocenters. The molecule has 1 heterocycles. The predicted octanol–water partition coefficient (Wildman–Crippen LogP) is 4.61. The van der Waals surface area contributed by atoms with Gasteiger partial charge in [-0.25, -0.2) is 4.98 Å². The van der Waals surface area contributed by atoms with E-state index in [0.717, 1.165) is 17.5 Å². The Bertz CT molecular complexity index is 392. The Balaban J connectivity index is 2.11. The van der Waals surface area contributed by atoms with E-state index in [-0.39, 0.29) is 0 Å². The molecule has 2 rings (SSSR count). The van der Waals surface area contributed by atoms with Gasteiger partial charge in [0.15, 0.2) is 5.15 Å². The first-order chi connectivity index (χ1) is 8.58. The fourth-order valence-corrected chi connectivity index (χ4v) is 3.24. The van der Waals surface area contributed by atoms with Crippen LogP contribution in [0.15, 0.2) is 18.3 Å². The first kappa shape index (κ1) is 13.7. The van der Waals surface area contributed by atoms with Crippen LogP contribution in [0, 0.1) is 17.8 Å². The van der Waals surface area contributed by atoms with Crippen LogP contribution in [0.4, 0.5) is 5.69 Å². The second kappa shape index (κ2) is 5.92. The van der Waals surface area contributed by atoms with Gasteiger partial charge in [-0.2, -0.15) is 0 Å². The Morgan fingerprint density at radius 2 is 2.17 bits per heavy atom. The number of pyridine rings is 1. The van der Waals surface area contributed by atoms with Gasteiger partial charge in [-0.3, -0.25) is 0 Å². The Kier molecular flexibility index (Phi) is 4.50. The van der Waals surface area contributed by atoms with Gasteiger partial charge in [0, 0.05) is 12.2 Å². The molecule has 1 fully saturated rings. The zero-order chi connectivity index (χ0) is 13.1. The van der Waals surface area contributed by atoms with Gasteiger partial charge in [0.1, 0.15) is 0 Å². The van der Waals surface area contributed by atoms with E-state index in [0.29, 0.717) is 17.1 Å². The molecule has 1 N–H and O–H groups in total. The van der Waals surface area contributed by atoms with E-state index in [1.165, 1.54) is 19.3 Å². The van der Waals surface area contributed by atoms with E-state index in [2.05, 4.69) is 31.1 Å². The monoisotopic (exact) mass is 266 g/mol. The topological polar surface area (TPSA) is 24.9 Å². The van der Waals surface area contributed by atoms with Crippen molar-refractivity contribution in [3.8, 4) is 0 Å². The van der Waals surface area contributed by atoms with Crippen molar-refractivity contribution in [1.82, 2.24) is 4.98 Å². The van der Waals surface area contributed by atoms with Crippen molar-refractivity contribution >= 4 is 17.3 Å². The van der Waals surface area contributed by atoms with Crippen molar-refractivity contribution in [2.24, 2.45) is 17.8 Å². The zero-order valence-electron chi connectivity index (χ0n) is 11.5. The van der Waals surface area contributed by atoms with Gasteiger partial charge < -0.3 is 5.32 Å². The standard InChI is InChI=1S/C15H23ClN2/c1-10(2)12-7-6-11(3)9-14(12)18-13-5-4-8-17-15(13)16/h4-5,8,10-12,14,18H,6-7,9H2,1-3H3. The van der Waals surface area contributed by atoms with Gasteiger partial charge in [0.2, 0.25) is 0 Å². The molecule has 18 heavy (non-hydrogen) atoms. The average Bonchev–Trinajstić information content (AvgIpc) is 2.32. The smallest absolute Gasteiger partial charge is 0.152 e. The third-order valence-electron chi connectivity index (χ3n) is 4.12. The minimum absolute atomic E-state index is 0.524. The molecule has 0 aliphatic heterocycles. The van der Waals surface area contributed by atoms with E-state index >= 15 is 0 Å². The lowest BCUT2D eigenvalue weighted by Crippen LogP contribution is -2.37. The number of halogens is 1. The van der Waals surface area contributed by atoms with Gasteiger partial charge in [0.05, 0.1) is 5.69 Å². The summed E-state index contributed by atoms with van der Waals surface area (Å²) in [5, 5.41) is 4.20. The molecule has 1 saturated carbocycles. The second-order valence-corrected chi connectivity index (χ2v) is 6.28. The van der Waals surface area contributed by atoms with Gasteiger partial charge in [-0.05, 0) is 42.7 Å². The van der Waals surface area contributed by atoms with Crippen molar-refractivity contribution in [1.29, 1.82) is 0 Å². The average molecular weight is 267 g/mol. The SMILES string of the molecule is CC1CCC(C(C)C)C(Nc2cccnc2Cl)C1. The molecule has 1 aliphatic carbocycles. The minimum atomic E-state index is 0.524. The summed E-state index contributed by atoms with van der Waals surface area (Å²) in [7, 11) is 0. The van der Waals surface area contributed by atoms with E-state index in [1.807, 2.05) is 12.1 Å². The fourth-order valence-electron chi connectivity index (χ4n) is 3.06. The van der Waals surface area contributed by atoms with E-state index in [1.54, 1.807) is 6.20 Å². The number of hydrogen-bond donors (Lipinski definition) is 1. The lowest BCUT2D eigenvalue weighted by molar-refractivity contribution is 0.212. The summed E-state index contributed by atoms with van der Waals surface area (Å²) in [6.07, 6.45) is 5.63.